The van der Waals surface area contributed by atoms with Crippen LogP contribution in [0.4, 0.5) is 14.5 Å². The van der Waals surface area contributed by atoms with Crippen molar-refractivity contribution < 1.29 is 8.78 Å². The molecule has 2 nitrogen and oxygen atoms in total. The topological polar surface area (TPSA) is 35.8 Å². The molecule has 0 aliphatic carbocycles. The number of nitrogens with one attached hydrogen (secondary N) is 1. The molecule has 0 aliphatic heterocycles. The summed E-state index contributed by atoms with van der Waals surface area (Å²) >= 11 is 5.64. The summed E-state index contributed by atoms with van der Waals surface area (Å²) in [4.78, 5) is 0. The van der Waals surface area contributed by atoms with Gasteiger partial charge in [-0.25, -0.2) is 8.78 Å². The molecule has 2 aromatic rings. The smallest absolute Gasteiger partial charge is 0.141 e. The van der Waals surface area contributed by atoms with Crippen molar-refractivity contribution in [3.05, 3.63) is 64.2 Å². The van der Waals surface area contributed by atoms with E-state index < -0.39 is 11.6 Å². The van der Waals surface area contributed by atoms with E-state index in [0.717, 1.165) is 0 Å². The average molecular weight is 279 g/mol. The molecular formula is C14H9ClF2N2. The van der Waals surface area contributed by atoms with Crippen molar-refractivity contribution in [2.45, 2.75) is 6.54 Å². The van der Waals surface area contributed by atoms with Gasteiger partial charge in [-0.1, -0.05) is 11.6 Å². The highest BCUT2D eigenvalue weighted by Crippen LogP contribution is 2.20. The molecule has 0 bridgehead atoms. The van der Waals surface area contributed by atoms with Crippen LogP contribution in [0.25, 0.3) is 0 Å². The zero-order valence-electron chi connectivity index (χ0n) is 9.75. The lowest BCUT2D eigenvalue weighted by Crippen LogP contribution is -2.02. The van der Waals surface area contributed by atoms with Crippen LogP contribution in [0.15, 0.2) is 36.4 Å². The first-order chi connectivity index (χ1) is 9.10. The van der Waals surface area contributed by atoms with E-state index in [1.165, 1.54) is 36.4 Å². The highest BCUT2D eigenvalue weighted by Gasteiger charge is 2.05. The molecule has 0 heterocycles. The van der Waals surface area contributed by atoms with E-state index in [0.29, 0.717) is 16.8 Å². The molecule has 2 aromatic carbocycles. The molecule has 0 spiro atoms. The monoisotopic (exact) mass is 278 g/mol. The lowest BCUT2D eigenvalue weighted by molar-refractivity contribution is 0.612. The molecule has 0 radical (unpaired) electrons. The van der Waals surface area contributed by atoms with Gasteiger partial charge in [0.2, 0.25) is 0 Å². The van der Waals surface area contributed by atoms with E-state index in [1.807, 2.05) is 6.07 Å². The van der Waals surface area contributed by atoms with E-state index in [1.54, 1.807) is 0 Å². The average Bonchev–Trinajstić information content (AvgIpc) is 2.41. The van der Waals surface area contributed by atoms with Crippen molar-refractivity contribution in [1.29, 1.82) is 5.26 Å². The lowest BCUT2D eigenvalue weighted by atomic mass is 10.1. The molecule has 0 saturated carbocycles. The Hall–Kier alpha value is -2.12. The zero-order chi connectivity index (χ0) is 13.8. The van der Waals surface area contributed by atoms with Gasteiger partial charge in [0.05, 0.1) is 16.7 Å². The quantitative estimate of drug-likeness (QED) is 0.917. The highest BCUT2D eigenvalue weighted by molar-refractivity contribution is 6.31. The van der Waals surface area contributed by atoms with Gasteiger partial charge in [-0.3, -0.25) is 0 Å². The fraction of sp³-hybridized carbons (Fsp3) is 0.0714. The third kappa shape index (κ3) is 3.21. The molecule has 0 fully saturated rings. The van der Waals surface area contributed by atoms with Crippen LogP contribution in [0.1, 0.15) is 11.1 Å². The van der Waals surface area contributed by atoms with Crippen molar-refractivity contribution in [3.8, 4) is 6.07 Å². The summed E-state index contributed by atoms with van der Waals surface area (Å²) < 4.78 is 26.5. The molecular weight excluding hydrogens is 270 g/mol. The third-order valence-electron chi connectivity index (χ3n) is 2.58. The Labute approximate surface area is 114 Å². The number of hydrogen-bond donors (Lipinski definition) is 1. The van der Waals surface area contributed by atoms with Crippen LogP contribution in [-0.4, -0.2) is 0 Å². The van der Waals surface area contributed by atoms with Gasteiger partial charge in [0.1, 0.15) is 11.6 Å². The number of nitriles is 1. The number of benzene rings is 2. The van der Waals surface area contributed by atoms with Crippen molar-refractivity contribution in [2.24, 2.45) is 0 Å². The first kappa shape index (κ1) is 13.3. The van der Waals surface area contributed by atoms with E-state index in [2.05, 4.69) is 5.32 Å². The third-order valence-corrected chi connectivity index (χ3v) is 2.87. The van der Waals surface area contributed by atoms with Gasteiger partial charge >= 0.3 is 0 Å². The van der Waals surface area contributed by atoms with Crippen LogP contribution < -0.4 is 5.32 Å². The number of nitrogens with zero attached hydrogens (tertiary/aromatic N) is 1. The Balaban J connectivity index is 2.14. The zero-order valence-corrected chi connectivity index (χ0v) is 10.5. The first-order valence-corrected chi connectivity index (χ1v) is 5.85. The van der Waals surface area contributed by atoms with E-state index >= 15 is 0 Å². The Morgan fingerprint density at radius 3 is 2.53 bits per heavy atom. The van der Waals surface area contributed by atoms with Gasteiger partial charge in [0.15, 0.2) is 0 Å². The Kier molecular flexibility index (Phi) is 3.98. The van der Waals surface area contributed by atoms with Gasteiger partial charge < -0.3 is 5.32 Å². The van der Waals surface area contributed by atoms with Gasteiger partial charge in [0.25, 0.3) is 0 Å². The standard InChI is InChI=1S/C14H9ClF2N2/c15-12-6-11(2-4-14(12)17)19-8-10-5-9(7-18)1-3-13(10)16/h1-6,19H,8H2. The molecule has 0 aliphatic rings. The highest BCUT2D eigenvalue weighted by atomic mass is 35.5. The van der Waals surface area contributed by atoms with Gasteiger partial charge in [-0.15, -0.1) is 0 Å². The second-order valence-electron chi connectivity index (χ2n) is 3.90. The molecule has 0 amide bonds. The maximum atomic E-state index is 13.5. The maximum Gasteiger partial charge on any atom is 0.141 e. The van der Waals surface area contributed by atoms with Crippen molar-refractivity contribution >= 4 is 17.3 Å². The summed E-state index contributed by atoms with van der Waals surface area (Å²) in [5, 5.41) is 11.7. The number of hydrogen-bond acceptors (Lipinski definition) is 2. The summed E-state index contributed by atoms with van der Waals surface area (Å²) in [6, 6.07) is 10.2. The van der Waals surface area contributed by atoms with Crippen LogP contribution in [0, 0.1) is 23.0 Å². The van der Waals surface area contributed by atoms with Gasteiger partial charge in [-0.05, 0) is 36.4 Å². The normalized spacial score (nSPS) is 10.0. The molecule has 0 saturated heterocycles. The van der Waals surface area contributed by atoms with E-state index in [4.69, 9.17) is 16.9 Å². The molecule has 1 N–H and O–H groups in total. The minimum absolute atomic E-state index is 0.00347. The predicted molar refractivity (Wildman–Crippen MR) is 69.9 cm³/mol. The summed E-state index contributed by atoms with van der Waals surface area (Å²) in [6.07, 6.45) is 0. The minimum Gasteiger partial charge on any atom is -0.381 e. The van der Waals surface area contributed by atoms with Crippen molar-refractivity contribution in [1.82, 2.24) is 0 Å². The molecule has 0 aromatic heterocycles. The van der Waals surface area contributed by atoms with Crippen LogP contribution in [-0.2, 0) is 6.54 Å². The number of anilines is 1. The summed E-state index contributed by atoms with van der Waals surface area (Å²) in [5.74, 6) is -0.912. The first-order valence-electron chi connectivity index (χ1n) is 5.47. The maximum absolute atomic E-state index is 13.5. The van der Waals surface area contributed by atoms with Crippen molar-refractivity contribution in [2.75, 3.05) is 5.32 Å². The van der Waals surface area contributed by atoms with Gasteiger partial charge in [-0.2, -0.15) is 5.26 Å². The molecule has 0 unspecified atom stereocenters. The summed E-state index contributed by atoms with van der Waals surface area (Å²) in [6.45, 7) is 0.184. The largest absolute Gasteiger partial charge is 0.381 e. The molecule has 96 valence electrons. The van der Waals surface area contributed by atoms with Crippen molar-refractivity contribution in [3.63, 3.8) is 0 Å². The summed E-state index contributed by atoms with van der Waals surface area (Å²) in [7, 11) is 0. The van der Waals surface area contributed by atoms with Crippen LogP contribution in [0.3, 0.4) is 0 Å². The molecule has 2 rings (SSSR count). The minimum atomic E-state index is -0.509. The second-order valence-corrected chi connectivity index (χ2v) is 4.31. The summed E-state index contributed by atoms with van der Waals surface area (Å²) in [5.41, 5.74) is 1.32. The Morgan fingerprint density at radius 2 is 1.84 bits per heavy atom. The predicted octanol–water partition coefficient (Wildman–Crippen LogP) is 4.10. The Bertz CT molecular complexity index is 650. The molecule has 0 atom stereocenters. The number of halogens is 3. The fourth-order valence-corrected chi connectivity index (χ4v) is 1.76. The molecule has 5 heteroatoms. The van der Waals surface area contributed by atoms with Gasteiger partial charge in [0, 0.05) is 17.8 Å². The number of rotatable bonds is 3. The Morgan fingerprint density at radius 1 is 1.11 bits per heavy atom. The lowest BCUT2D eigenvalue weighted by Gasteiger charge is -2.08. The van der Waals surface area contributed by atoms with E-state index in [-0.39, 0.29) is 11.6 Å². The van der Waals surface area contributed by atoms with E-state index in [9.17, 15) is 8.78 Å². The fourth-order valence-electron chi connectivity index (χ4n) is 1.58. The van der Waals surface area contributed by atoms with Crippen LogP contribution in [0.2, 0.25) is 5.02 Å². The second kappa shape index (κ2) is 5.68. The molecule has 19 heavy (non-hydrogen) atoms. The van der Waals surface area contributed by atoms with Crippen LogP contribution >= 0.6 is 11.6 Å². The SMILES string of the molecule is N#Cc1ccc(F)c(CNc2ccc(F)c(Cl)c2)c1. The van der Waals surface area contributed by atoms with Crippen LogP contribution in [0.5, 0.6) is 0 Å².